The number of ether oxygens (including phenoxy) is 4. The molecule has 2 atom stereocenters. The fraction of sp³-hybridized carbons (Fsp3) is 0.333. The predicted molar refractivity (Wildman–Crippen MR) is 194 cm³/mol. The lowest BCUT2D eigenvalue weighted by atomic mass is 10.1. The van der Waals surface area contributed by atoms with Gasteiger partial charge in [0, 0.05) is 36.1 Å². The molecule has 0 fully saturated rings. The topological polar surface area (TPSA) is 143 Å². The molecule has 2 N–H and O–H groups in total. The van der Waals surface area contributed by atoms with Crippen molar-refractivity contribution in [1.82, 2.24) is 10.6 Å². The highest BCUT2D eigenvalue weighted by molar-refractivity contribution is 7.08. The van der Waals surface area contributed by atoms with Gasteiger partial charge in [-0.15, -0.1) is 0 Å². The second-order valence-electron chi connectivity index (χ2n) is 11.1. The molecular formula is C36H34Cl2F2N4O6S2. The quantitative estimate of drug-likeness (QED) is 0.0515. The Morgan fingerprint density at radius 3 is 1.50 bits per heavy atom. The van der Waals surface area contributed by atoms with E-state index in [1.807, 2.05) is 45.8 Å². The Morgan fingerprint density at radius 2 is 1.13 bits per heavy atom. The van der Waals surface area contributed by atoms with Gasteiger partial charge < -0.3 is 29.6 Å². The van der Waals surface area contributed by atoms with E-state index in [2.05, 4.69) is 10.6 Å². The van der Waals surface area contributed by atoms with E-state index in [1.165, 1.54) is 34.8 Å². The Morgan fingerprint density at radius 1 is 0.712 bits per heavy atom. The molecule has 0 saturated carbocycles. The Balaban J connectivity index is 1.08. The maximum Gasteiger partial charge on any atom is 0.417 e. The summed E-state index contributed by atoms with van der Waals surface area (Å²) in [5.41, 5.74) is 1.89. The molecule has 52 heavy (non-hydrogen) atoms. The molecule has 2 aromatic heterocycles. The fourth-order valence-corrected chi connectivity index (χ4v) is 6.51. The number of nitrogens with one attached hydrogen (secondary N) is 2. The Labute approximate surface area is 317 Å². The van der Waals surface area contributed by atoms with Crippen LogP contribution in [-0.4, -0.2) is 51.3 Å². The molecule has 0 amide bonds. The van der Waals surface area contributed by atoms with E-state index in [-0.39, 0.29) is 45.9 Å². The molecule has 16 heteroatoms. The number of esters is 2. The molecule has 2 aromatic carbocycles. The molecule has 0 aliphatic carbocycles. The van der Waals surface area contributed by atoms with Crippen molar-refractivity contribution in [1.29, 1.82) is 10.5 Å². The van der Waals surface area contributed by atoms with Crippen LogP contribution in [0.1, 0.15) is 60.1 Å². The molecular weight excluding hydrogens is 757 g/mol. The standard InChI is InChI=1S/C36H34Cl2F2N4O6S2/c37-27-17-33(25(19-41)15-29(27)39)49-31(23-5-13-51-21-23)3-9-43-7-1-11-47-35(45)36(46)48-12-2-8-44-10-4-32(24-6-14-52-22-24)50-34-18-28(38)30(40)16-26(34)20-42/h5-6,13-18,21-22,31-32,43-44H,1-4,7-12H2/t31-,32-/m1/s1. The van der Waals surface area contributed by atoms with E-state index in [4.69, 9.17) is 42.1 Å². The van der Waals surface area contributed by atoms with Crippen LogP contribution >= 0.6 is 45.9 Å². The van der Waals surface area contributed by atoms with Crippen molar-refractivity contribution in [3.05, 3.63) is 102 Å². The highest BCUT2D eigenvalue weighted by Crippen LogP contribution is 2.33. The van der Waals surface area contributed by atoms with E-state index in [0.29, 0.717) is 51.9 Å². The Bertz CT molecular complexity index is 1720. The van der Waals surface area contributed by atoms with Gasteiger partial charge in [0.15, 0.2) is 0 Å². The SMILES string of the molecule is N#Cc1cc(F)c(Cl)cc1O[C@H](CCNCCCOC(=O)C(=O)OCCCNCC[C@@H](Oc1cc(Cl)c(F)cc1C#N)c1ccsc1)c1ccsc1. The van der Waals surface area contributed by atoms with Crippen molar-refractivity contribution >= 4 is 57.8 Å². The summed E-state index contributed by atoms with van der Waals surface area (Å²) in [5, 5.41) is 32.6. The molecule has 0 radical (unpaired) electrons. The zero-order valence-corrected chi connectivity index (χ0v) is 30.8. The third-order valence-corrected chi connectivity index (χ3v) is 9.43. The van der Waals surface area contributed by atoms with Gasteiger partial charge in [0.05, 0.1) is 34.4 Å². The summed E-state index contributed by atoms with van der Waals surface area (Å²) in [6.07, 6.45) is 1.10. The van der Waals surface area contributed by atoms with Gasteiger partial charge in [0.2, 0.25) is 0 Å². The molecule has 0 spiro atoms. The average Bonchev–Trinajstić information content (AvgIpc) is 3.88. The van der Waals surface area contributed by atoms with Crippen molar-refractivity contribution in [3.63, 3.8) is 0 Å². The van der Waals surface area contributed by atoms with Gasteiger partial charge in [-0.3, -0.25) is 0 Å². The normalized spacial score (nSPS) is 12.0. The number of nitriles is 2. The zero-order valence-electron chi connectivity index (χ0n) is 27.7. The smallest absolute Gasteiger partial charge is 0.417 e. The number of nitrogens with zero attached hydrogens (tertiary/aromatic N) is 2. The van der Waals surface area contributed by atoms with Crippen LogP contribution in [0.3, 0.4) is 0 Å². The molecule has 4 rings (SSSR count). The van der Waals surface area contributed by atoms with E-state index >= 15 is 0 Å². The lowest BCUT2D eigenvalue weighted by molar-refractivity contribution is -0.167. The monoisotopic (exact) mass is 790 g/mol. The average molecular weight is 792 g/mol. The number of carbonyl (C=O) groups excluding carboxylic acids is 2. The van der Waals surface area contributed by atoms with E-state index in [9.17, 15) is 28.9 Å². The summed E-state index contributed by atoms with van der Waals surface area (Å²) in [5.74, 6) is -3.16. The highest BCUT2D eigenvalue weighted by atomic mass is 35.5. The summed E-state index contributed by atoms with van der Waals surface area (Å²) >= 11 is 14.8. The van der Waals surface area contributed by atoms with Crippen LogP contribution in [0.5, 0.6) is 11.5 Å². The van der Waals surface area contributed by atoms with Crippen LogP contribution in [0.4, 0.5) is 8.78 Å². The predicted octanol–water partition coefficient (Wildman–Crippen LogP) is 7.90. The minimum absolute atomic E-state index is 0.0138. The van der Waals surface area contributed by atoms with Crippen molar-refractivity contribution in [3.8, 4) is 23.6 Å². The lowest BCUT2D eigenvalue weighted by Gasteiger charge is -2.20. The van der Waals surface area contributed by atoms with Gasteiger partial charge in [-0.05, 0) is 84.8 Å². The maximum absolute atomic E-state index is 13.8. The second-order valence-corrected chi connectivity index (χ2v) is 13.5. The zero-order chi connectivity index (χ0) is 37.3. The second kappa shape index (κ2) is 21.3. The Kier molecular flexibility index (Phi) is 16.6. The van der Waals surface area contributed by atoms with Crippen molar-refractivity contribution in [2.75, 3.05) is 39.4 Å². The van der Waals surface area contributed by atoms with Crippen LogP contribution in [-0.2, 0) is 19.1 Å². The van der Waals surface area contributed by atoms with Crippen LogP contribution in [0, 0.1) is 34.3 Å². The summed E-state index contributed by atoms with van der Waals surface area (Å²) in [4.78, 5) is 24.1. The highest BCUT2D eigenvalue weighted by Gasteiger charge is 2.20. The van der Waals surface area contributed by atoms with Gasteiger partial charge in [0.1, 0.15) is 47.5 Å². The summed E-state index contributed by atoms with van der Waals surface area (Å²) in [7, 11) is 0. The maximum atomic E-state index is 13.8. The number of rotatable bonds is 20. The number of halogens is 4. The molecule has 274 valence electrons. The largest absolute Gasteiger partial charge is 0.484 e. The van der Waals surface area contributed by atoms with Crippen LogP contribution in [0.15, 0.2) is 57.9 Å². The molecule has 0 unspecified atom stereocenters. The number of carbonyl (C=O) groups is 2. The van der Waals surface area contributed by atoms with Crippen LogP contribution in [0.2, 0.25) is 10.0 Å². The summed E-state index contributed by atoms with van der Waals surface area (Å²) in [6, 6.07) is 12.3. The first-order valence-electron chi connectivity index (χ1n) is 16.1. The van der Waals surface area contributed by atoms with Crippen LogP contribution < -0.4 is 20.1 Å². The fourth-order valence-electron chi connectivity index (χ4n) is 4.80. The first kappa shape index (κ1) is 40.5. The molecule has 0 saturated heterocycles. The lowest BCUT2D eigenvalue weighted by Crippen LogP contribution is -2.25. The molecule has 4 aromatic rings. The Hall–Kier alpha value is -4.28. The van der Waals surface area contributed by atoms with Crippen LogP contribution in [0.25, 0.3) is 0 Å². The summed E-state index contributed by atoms with van der Waals surface area (Å²) in [6.45, 7) is 2.06. The van der Waals surface area contributed by atoms with Gasteiger partial charge >= 0.3 is 11.9 Å². The number of hydrogen-bond acceptors (Lipinski definition) is 12. The summed E-state index contributed by atoms with van der Waals surface area (Å²) < 4.78 is 49.8. The van der Waals surface area contributed by atoms with E-state index in [1.54, 1.807) is 0 Å². The molecule has 0 bridgehead atoms. The minimum Gasteiger partial charge on any atom is -0.484 e. The van der Waals surface area contributed by atoms with Crippen molar-refractivity contribution in [2.24, 2.45) is 0 Å². The third kappa shape index (κ3) is 12.4. The van der Waals surface area contributed by atoms with Gasteiger partial charge in [-0.25, -0.2) is 18.4 Å². The minimum atomic E-state index is -1.07. The first-order chi connectivity index (χ1) is 25.2. The molecule has 0 aliphatic rings. The number of benzene rings is 2. The van der Waals surface area contributed by atoms with Gasteiger partial charge in [-0.1, -0.05) is 23.2 Å². The molecule has 2 heterocycles. The van der Waals surface area contributed by atoms with E-state index in [0.717, 1.165) is 23.3 Å². The first-order valence-corrected chi connectivity index (χ1v) is 18.7. The van der Waals surface area contributed by atoms with Gasteiger partial charge in [0.25, 0.3) is 0 Å². The molecule has 0 aliphatic heterocycles. The van der Waals surface area contributed by atoms with Crippen molar-refractivity contribution in [2.45, 2.75) is 37.9 Å². The van der Waals surface area contributed by atoms with Crippen molar-refractivity contribution < 1.29 is 37.3 Å². The molecule has 10 nitrogen and oxygen atoms in total. The number of hydrogen-bond donors (Lipinski definition) is 2. The number of thiophene rings is 2. The van der Waals surface area contributed by atoms with E-state index < -0.39 is 35.8 Å². The van der Waals surface area contributed by atoms with Gasteiger partial charge in [-0.2, -0.15) is 33.2 Å². The third-order valence-electron chi connectivity index (χ3n) is 7.45.